The van der Waals surface area contributed by atoms with Crippen molar-refractivity contribution in [3.63, 3.8) is 0 Å². The average molecular weight is 376 g/mol. The molecule has 0 saturated carbocycles. The van der Waals surface area contributed by atoms with Gasteiger partial charge in [-0.05, 0) is 0 Å². The van der Waals surface area contributed by atoms with E-state index >= 15 is 0 Å². The van der Waals surface area contributed by atoms with E-state index in [2.05, 4.69) is 4.98 Å². The fourth-order valence-corrected chi connectivity index (χ4v) is 4.12. The van der Waals surface area contributed by atoms with E-state index in [4.69, 9.17) is 0 Å². The zero-order valence-electron chi connectivity index (χ0n) is 9.82. The van der Waals surface area contributed by atoms with Crippen LogP contribution < -0.4 is 3.58 Å². The Morgan fingerprint density at radius 2 is 1.79 bits per heavy atom. The summed E-state index contributed by atoms with van der Waals surface area (Å²) in [7, 11) is -3.55. The van der Waals surface area contributed by atoms with Crippen LogP contribution in [0.15, 0.2) is 59.9 Å². The molecule has 0 aliphatic rings. The number of benzene rings is 1. The van der Waals surface area contributed by atoms with Gasteiger partial charge in [-0.15, -0.1) is 0 Å². The van der Waals surface area contributed by atoms with Gasteiger partial charge in [-0.1, -0.05) is 0 Å². The van der Waals surface area contributed by atoms with Crippen molar-refractivity contribution in [2.75, 3.05) is 0 Å². The SMILES string of the molecule is O=S(=O)(c1ccccc1)n1ccc2[c]([Sn])cncc21. The molecule has 0 unspecified atom stereocenters. The van der Waals surface area contributed by atoms with Crippen LogP contribution in [0.2, 0.25) is 0 Å². The molecule has 3 rings (SSSR count). The number of hydrogen-bond donors (Lipinski definition) is 0. The van der Waals surface area contributed by atoms with E-state index in [1.807, 2.05) is 6.07 Å². The van der Waals surface area contributed by atoms with E-state index < -0.39 is 10.0 Å². The number of rotatable bonds is 2. The van der Waals surface area contributed by atoms with Crippen molar-refractivity contribution >= 4 is 47.0 Å². The molecule has 6 heteroatoms. The Morgan fingerprint density at radius 3 is 2.53 bits per heavy atom. The average Bonchev–Trinajstić information content (AvgIpc) is 2.86. The number of nitrogens with zero attached hydrogens (tertiary/aromatic N) is 2. The Bertz CT molecular complexity index is 841. The van der Waals surface area contributed by atoms with E-state index in [-0.39, 0.29) is 4.90 Å². The summed E-state index contributed by atoms with van der Waals surface area (Å²) in [5, 5.41) is 0.938. The van der Waals surface area contributed by atoms with Crippen LogP contribution in [0.25, 0.3) is 10.9 Å². The van der Waals surface area contributed by atoms with E-state index in [0.717, 1.165) is 8.97 Å². The summed E-state index contributed by atoms with van der Waals surface area (Å²) in [6, 6.07) is 10.2. The van der Waals surface area contributed by atoms with Gasteiger partial charge in [0, 0.05) is 0 Å². The summed E-state index contributed by atoms with van der Waals surface area (Å²) in [5.41, 5.74) is 0.623. The van der Waals surface area contributed by atoms with E-state index in [1.54, 1.807) is 48.9 Å². The molecule has 3 radical (unpaired) electrons. The van der Waals surface area contributed by atoms with Gasteiger partial charge >= 0.3 is 124 Å². The molecule has 0 amide bonds. The number of pyridine rings is 1. The molecular formula is C13H9N2O2SSn. The van der Waals surface area contributed by atoms with Crippen molar-refractivity contribution in [1.29, 1.82) is 0 Å². The minimum atomic E-state index is -3.55. The molecule has 93 valence electrons. The molecule has 0 aliphatic carbocycles. The van der Waals surface area contributed by atoms with E-state index in [9.17, 15) is 8.42 Å². The zero-order chi connectivity index (χ0) is 13.5. The van der Waals surface area contributed by atoms with Crippen LogP contribution in [-0.2, 0) is 10.0 Å². The number of hydrogen-bond acceptors (Lipinski definition) is 3. The third-order valence-electron chi connectivity index (χ3n) is 2.88. The van der Waals surface area contributed by atoms with Gasteiger partial charge < -0.3 is 0 Å². The molecule has 2 heterocycles. The number of aromatic nitrogens is 2. The van der Waals surface area contributed by atoms with Crippen molar-refractivity contribution in [3.8, 4) is 0 Å². The fraction of sp³-hybridized carbons (Fsp3) is 0. The van der Waals surface area contributed by atoms with Crippen LogP contribution in [0.1, 0.15) is 0 Å². The predicted octanol–water partition coefficient (Wildman–Crippen LogP) is 1.07. The monoisotopic (exact) mass is 377 g/mol. The first-order valence-corrected chi connectivity index (χ1v) is 8.45. The van der Waals surface area contributed by atoms with Gasteiger partial charge in [0.1, 0.15) is 0 Å². The minimum absolute atomic E-state index is 0.280. The first kappa shape index (κ1) is 12.7. The summed E-state index contributed by atoms with van der Waals surface area (Å²) in [6.07, 6.45) is 4.94. The third-order valence-corrected chi connectivity index (χ3v) is 5.72. The van der Waals surface area contributed by atoms with Gasteiger partial charge in [-0.3, -0.25) is 0 Å². The predicted molar refractivity (Wildman–Crippen MR) is 74.1 cm³/mol. The molecule has 0 aliphatic heterocycles. The van der Waals surface area contributed by atoms with E-state index in [1.165, 1.54) is 26.5 Å². The Hall–Kier alpha value is -1.34. The first-order chi connectivity index (χ1) is 9.10. The first-order valence-electron chi connectivity index (χ1n) is 5.58. The maximum atomic E-state index is 12.6. The maximum absolute atomic E-state index is 12.6. The molecule has 0 bridgehead atoms. The van der Waals surface area contributed by atoms with Crippen LogP contribution in [0.3, 0.4) is 0 Å². The van der Waals surface area contributed by atoms with Gasteiger partial charge in [-0.2, -0.15) is 0 Å². The number of fused-ring (bicyclic) bond motifs is 1. The molecular weight excluding hydrogens is 367 g/mol. The molecule has 4 nitrogen and oxygen atoms in total. The standard InChI is InChI=1S/C13H9N2O2S.Sn/c16-18(17,12-4-2-1-3-5-12)15-9-7-11-6-8-14-10-13(11)15;/h1-5,7-10H;. The third kappa shape index (κ3) is 2.06. The van der Waals surface area contributed by atoms with Crippen molar-refractivity contribution in [2.24, 2.45) is 0 Å². The van der Waals surface area contributed by atoms with Crippen LogP contribution in [0, 0.1) is 0 Å². The normalized spacial score (nSPS) is 11.8. The second-order valence-electron chi connectivity index (χ2n) is 4.05. The summed E-state index contributed by atoms with van der Waals surface area (Å²) < 4.78 is 27.5. The van der Waals surface area contributed by atoms with Gasteiger partial charge in [0.25, 0.3) is 0 Å². The quantitative estimate of drug-likeness (QED) is 0.629. The van der Waals surface area contributed by atoms with Crippen LogP contribution in [0.4, 0.5) is 0 Å². The zero-order valence-corrected chi connectivity index (χ0v) is 13.5. The van der Waals surface area contributed by atoms with Gasteiger partial charge in [0.05, 0.1) is 0 Å². The van der Waals surface area contributed by atoms with Crippen LogP contribution in [0.5, 0.6) is 0 Å². The molecule has 0 N–H and O–H groups in total. The Labute approximate surface area is 124 Å². The summed E-state index contributed by atoms with van der Waals surface area (Å²) in [4.78, 5) is 4.37. The fourth-order valence-electron chi connectivity index (χ4n) is 1.95. The molecule has 0 fully saturated rings. The summed E-state index contributed by atoms with van der Waals surface area (Å²) in [5.74, 6) is 0. The molecule has 0 spiro atoms. The van der Waals surface area contributed by atoms with Crippen molar-refractivity contribution < 1.29 is 8.42 Å². The molecule has 0 atom stereocenters. The van der Waals surface area contributed by atoms with Crippen molar-refractivity contribution in [1.82, 2.24) is 8.96 Å². The van der Waals surface area contributed by atoms with Gasteiger partial charge in [-0.25, -0.2) is 0 Å². The summed E-state index contributed by atoms with van der Waals surface area (Å²) >= 11 is 1.22. The molecule has 0 saturated heterocycles. The van der Waals surface area contributed by atoms with Crippen molar-refractivity contribution in [2.45, 2.75) is 4.90 Å². The Kier molecular flexibility index (Phi) is 3.10. The van der Waals surface area contributed by atoms with Gasteiger partial charge in [0.2, 0.25) is 0 Å². The second-order valence-corrected chi connectivity index (χ2v) is 7.40. The van der Waals surface area contributed by atoms with E-state index in [0.29, 0.717) is 5.52 Å². The molecule has 3 aromatic rings. The molecule has 2 aromatic heterocycles. The topological polar surface area (TPSA) is 52.0 Å². The van der Waals surface area contributed by atoms with Crippen molar-refractivity contribution in [3.05, 3.63) is 55.0 Å². The van der Waals surface area contributed by atoms with Gasteiger partial charge in [0.15, 0.2) is 0 Å². The van der Waals surface area contributed by atoms with Crippen LogP contribution in [-0.4, -0.2) is 39.9 Å². The van der Waals surface area contributed by atoms with Crippen LogP contribution >= 0.6 is 0 Å². The molecule has 1 aromatic carbocycles. The summed E-state index contributed by atoms with van der Waals surface area (Å²) in [6.45, 7) is 0. The second kappa shape index (κ2) is 4.64. The Balaban J connectivity index is 2.29. The molecule has 19 heavy (non-hydrogen) atoms. The Morgan fingerprint density at radius 1 is 1.05 bits per heavy atom.